The first kappa shape index (κ1) is 15.8. The summed E-state index contributed by atoms with van der Waals surface area (Å²) >= 11 is 1.75. The zero-order valence-corrected chi connectivity index (χ0v) is 12.2. The van der Waals surface area contributed by atoms with E-state index in [0.29, 0.717) is 6.54 Å². The predicted octanol–water partition coefficient (Wildman–Crippen LogP) is 2.36. The molecule has 19 heavy (non-hydrogen) atoms. The first-order chi connectivity index (χ1) is 9.16. The van der Waals surface area contributed by atoms with Crippen LogP contribution in [0.25, 0.3) is 0 Å². The summed E-state index contributed by atoms with van der Waals surface area (Å²) in [6.07, 6.45) is 1.86. The minimum absolute atomic E-state index is 0.00977. The Morgan fingerprint density at radius 3 is 2.79 bits per heavy atom. The van der Waals surface area contributed by atoms with E-state index in [1.807, 2.05) is 43.3 Å². The van der Waals surface area contributed by atoms with E-state index >= 15 is 0 Å². The molecule has 0 radical (unpaired) electrons. The smallest absolute Gasteiger partial charge is 0.224 e. The van der Waals surface area contributed by atoms with Crippen LogP contribution in [-0.4, -0.2) is 24.0 Å². The Morgan fingerprint density at radius 2 is 2.16 bits per heavy atom. The maximum atomic E-state index is 12.0. The van der Waals surface area contributed by atoms with E-state index in [1.54, 1.807) is 11.8 Å². The molecule has 4 heteroatoms. The van der Waals surface area contributed by atoms with E-state index in [0.717, 1.165) is 17.1 Å². The van der Waals surface area contributed by atoms with Gasteiger partial charge >= 0.3 is 0 Å². The molecule has 3 nitrogen and oxygen atoms in total. The van der Waals surface area contributed by atoms with Gasteiger partial charge in [-0.05, 0) is 5.56 Å². The summed E-state index contributed by atoms with van der Waals surface area (Å²) in [5, 5.41) is 2.92. The summed E-state index contributed by atoms with van der Waals surface area (Å²) in [6, 6.07) is 9.46. The van der Waals surface area contributed by atoms with Crippen LogP contribution in [-0.2, 0) is 4.79 Å². The molecule has 0 aromatic heterocycles. The van der Waals surface area contributed by atoms with E-state index in [4.69, 9.17) is 5.73 Å². The van der Waals surface area contributed by atoms with Gasteiger partial charge < -0.3 is 11.1 Å². The average Bonchev–Trinajstić information content (AvgIpc) is 2.46. The number of benzene rings is 1. The lowest BCUT2D eigenvalue weighted by atomic mass is 9.95. The van der Waals surface area contributed by atoms with Gasteiger partial charge in [0.2, 0.25) is 5.91 Å². The molecule has 0 heterocycles. The van der Waals surface area contributed by atoms with Gasteiger partial charge in [0.05, 0.1) is 5.92 Å². The van der Waals surface area contributed by atoms with Crippen molar-refractivity contribution in [2.45, 2.75) is 13.0 Å². The van der Waals surface area contributed by atoms with Crippen molar-refractivity contribution >= 4 is 17.7 Å². The first-order valence-corrected chi connectivity index (χ1v) is 7.59. The molecule has 104 valence electrons. The number of amides is 1. The van der Waals surface area contributed by atoms with Gasteiger partial charge in [-0.3, -0.25) is 4.79 Å². The Hall–Kier alpha value is -1.26. The third-order valence-electron chi connectivity index (χ3n) is 2.92. The van der Waals surface area contributed by atoms with Gasteiger partial charge in [-0.15, -0.1) is 6.58 Å². The second kappa shape index (κ2) is 8.77. The van der Waals surface area contributed by atoms with Crippen LogP contribution in [0.4, 0.5) is 0 Å². The van der Waals surface area contributed by atoms with Crippen LogP contribution in [0.5, 0.6) is 0 Å². The number of nitrogens with one attached hydrogen (secondary N) is 1. The van der Waals surface area contributed by atoms with Gasteiger partial charge in [0.15, 0.2) is 0 Å². The zero-order chi connectivity index (χ0) is 14.1. The summed E-state index contributed by atoms with van der Waals surface area (Å²) in [7, 11) is 0. The monoisotopic (exact) mass is 278 g/mol. The lowest BCUT2D eigenvalue weighted by Crippen LogP contribution is -2.36. The molecule has 2 unspecified atom stereocenters. The molecule has 0 saturated carbocycles. The van der Waals surface area contributed by atoms with Gasteiger partial charge in [-0.1, -0.05) is 43.3 Å². The van der Waals surface area contributed by atoms with Crippen molar-refractivity contribution in [3.63, 3.8) is 0 Å². The SMILES string of the molecule is C=CCSCCNC(=O)C(C)C(N)c1ccccc1. The van der Waals surface area contributed by atoms with Crippen molar-refractivity contribution in [2.75, 3.05) is 18.1 Å². The number of hydrogen-bond donors (Lipinski definition) is 2. The normalized spacial score (nSPS) is 13.6. The molecule has 1 aromatic carbocycles. The number of carbonyl (C=O) groups is 1. The molecule has 0 bridgehead atoms. The summed E-state index contributed by atoms with van der Waals surface area (Å²) in [5.41, 5.74) is 7.10. The minimum Gasteiger partial charge on any atom is -0.355 e. The summed E-state index contributed by atoms with van der Waals surface area (Å²) in [4.78, 5) is 12.0. The molecule has 1 rings (SSSR count). The van der Waals surface area contributed by atoms with Crippen LogP contribution < -0.4 is 11.1 Å². The molecule has 0 spiro atoms. The number of hydrogen-bond acceptors (Lipinski definition) is 3. The maximum Gasteiger partial charge on any atom is 0.224 e. The quantitative estimate of drug-likeness (QED) is 0.567. The average molecular weight is 278 g/mol. The fraction of sp³-hybridized carbons (Fsp3) is 0.400. The highest BCUT2D eigenvalue weighted by Gasteiger charge is 2.21. The highest BCUT2D eigenvalue weighted by Crippen LogP contribution is 2.18. The zero-order valence-electron chi connectivity index (χ0n) is 11.3. The van der Waals surface area contributed by atoms with Crippen LogP contribution in [0.2, 0.25) is 0 Å². The molecule has 0 aliphatic rings. The summed E-state index contributed by atoms with van der Waals surface area (Å²) in [5.74, 6) is 1.59. The van der Waals surface area contributed by atoms with Crippen LogP contribution in [0, 0.1) is 5.92 Å². The highest BCUT2D eigenvalue weighted by molar-refractivity contribution is 7.99. The van der Waals surface area contributed by atoms with E-state index in [1.165, 1.54) is 0 Å². The van der Waals surface area contributed by atoms with Gasteiger partial charge in [-0.2, -0.15) is 11.8 Å². The van der Waals surface area contributed by atoms with Gasteiger partial charge in [0.1, 0.15) is 0 Å². The molecule has 3 N–H and O–H groups in total. The fourth-order valence-corrected chi connectivity index (χ4v) is 2.28. The van der Waals surface area contributed by atoms with E-state index in [9.17, 15) is 4.79 Å². The standard InChI is InChI=1S/C15H22N2OS/c1-3-10-19-11-9-17-15(18)12(2)14(16)13-7-5-4-6-8-13/h3-8,12,14H,1,9-11,16H2,2H3,(H,17,18). The van der Waals surface area contributed by atoms with E-state index < -0.39 is 0 Å². The Morgan fingerprint density at radius 1 is 1.47 bits per heavy atom. The lowest BCUT2D eigenvalue weighted by Gasteiger charge is -2.19. The van der Waals surface area contributed by atoms with Crippen molar-refractivity contribution in [1.29, 1.82) is 0 Å². The van der Waals surface area contributed by atoms with Crippen molar-refractivity contribution in [2.24, 2.45) is 11.7 Å². The topological polar surface area (TPSA) is 55.1 Å². The Balaban J connectivity index is 2.37. The van der Waals surface area contributed by atoms with Crippen LogP contribution in [0.3, 0.4) is 0 Å². The molecule has 0 aliphatic heterocycles. The second-order valence-electron chi connectivity index (χ2n) is 4.38. The minimum atomic E-state index is -0.262. The molecule has 2 atom stereocenters. The van der Waals surface area contributed by atoms with Gasteiger partial charge in [-0.25, -0.2) is 0 Å². The van der Waals surface area contributed by atoms with Crippen molar-refractivity contribution in [1.82, 2.24) is 5.32 Å². The van der Waals surface area contributed by atoms with Crippen LogP contribution in [0.15, 0.2) is 43.0 Å². The lowest BCUT2D eigenvalue weighted by molar-refractivity contribution is -0.125. The van der Waals surface area contributed by atoms with Crippen LogP contribution >= 0.6 is 11.8 Å². The highest BCUT2D eigenvalue weighted by atomic mass is 32.2. The van der Waals surface area contributed by atoms with Gasteiger partial charge in [0, 0.05) is 24.1 Å². The molecular weight excluding hydrogens is 256 g/mol. The van der Waals surface area contributed by atoms with E-state index in [-0.39, 0.29) is 17.9 Å². The van der Waals surface area contributed by atoms with Crippen molar-refractivity contribution < 1.29 is 4.79 Å². The fourth-order valence-electron chi connectivity index (χ4n) is 1.70. The Kier molecular flexibility index (Phi) is 7.30. The summed E-state index contributed by atoms with van der Waals surface area (Å²) < 4.78 is 0. The molecule has 0 fully saturated rings. The summed E-state index contributed by atoms with van der Waals surface area (Å²) in [6.45, 7) is 6.19. The first-order valence-electron chi connectivity index (χ1n) is 6.43. The number of nitrogens with two attached hydrogens (primary N) is 1. The molecule has 1 aromatic rings. The van der Waals surface area contributed by atoms with E-state index in [2.05, 4.69) is 11.9 Å². The third kappa shape index (κ3) is 5.49. The Bertz CT molecular complexity index is 394. The largest absolute Gasteiger partial charge is 0.355 e. The molecule has 1 amide bonds. The Labute approximate surface area is 119 Å². The molecule has 0 saturated heterocycles. The number of rotatable bonds is 8. The third-order valence-corrected chi connectivity index (χ3v) is 3.88. The number of thioether (sulfide) groups is 1. The van der Waals surface area contributed by atoms with Crippen molar-refractivity contribution in [3.05, 3.63) is 48.6 Å². The van der Waals surface area contributed by atoms with Crippen molar-refractivity contribution in [3.8, 4) is 0 Å². The van der Waals surface area contributed by atoms with Gasteiger partial charge in [0.25, 0.3) is 0 Å². The number of carbonyl (C=O) groups excluding carboxylic acids is 1. The predicted molar refractivity (Wildman–Crippen MR) is 83.1 cm³/mol. The maximum absolute atomic E-state index is 12.0. The second-order valence-corrected chi connectivity index (χ2v) is 5.53. The molecular formula is C15H22N2OS. The molecule has 0 aliphatic carbocycles. The van der Waals surface area contributed by atoms with Crippen LogP contribution in [0.1, 0.15) is 18.5 Å².